The van der Waals surface area contributed by atoms with E-state index in [0.29, 0.717) is 17.0 Å². The Balaban J connectivity index is 1.44. The first-order chi connectivity index (χ1) is 17.5. The summed E-state index contributed by atoms with van der Waals surface area (Å²) in [6.45, 7) is 1.95. The molecule has 186 valence electrons. The number of carbonyl (C=O) groups excluding carboxylic acids is 3. The number of nitrogens with one attached hydrogen (secondary N) is 1. The van der Waals surface area contributed by atoms with E-state index in [9.17, 15) is 14.4 Å². The number of rotatable bonds is 8. The Morgan fingerprint density at radius 2 is 1.78 bits per heavy atom. The average Bonchev–Trinajstić information content (AvgIpc) is 3.48. The van der Waals surface area contributed by atoms with Gasteiger partial charge in [0, 0.05) is 28.6 Å². The van der Waals surface area contributed by atoms with Crippen molar-refractivity contribution >= 4 is 45.8 Å². The molecule has 1 fully saturated rings. The molecule has 1 aliphatic carbocycles. The third kappa shape index (κ3) is 4.58. The van der Waals surface area contributed by atoms with Crippen LogP contribution in [0.1, 0.15) is 54.9 Å². The van der Waals surface area contributed by atoms with Crippen LogP contribution < -0.4 is 10.2 Å². The smallest absolute Gasteiger partial charge is 0.259 e. The fourth-order valence-electron chi connectivity index (χ4n) is 5.46. The van der Waals surface area contributed by atoms with Crippen LogP contribution in [-0.4, -0.2) is 41.2 Å². The first-order valence-electron chi connectivity index (χ1n) is 12.6. The van der Waals surface area contributed by atoms with Gasteiger partial charge in [-0.25, -0.2) is 0 Å². The summed E-state index contributed by atoms with van der Waals surface area (Å²) >= 11 is 6.44. The van der Waals surface area contributed by atoms with E-state index >= 15 is 0 Å². The van der Waals surface area contributed by atoms with Crippen LogP contribution in [0.25, 0.3) is 10.8 Å². The Bertz CT molecular complexity index is 1310. The summed E-state index contributed by atoms with van der Waals surface area (Å²) < 4.78 is 0. The average molecular weight is 504 g/mol. The molecule has 0 spiro atoms. The molecule has 36 heavy (non-hydrogen) atoms. The number of benzene rings is 3. The van der Waals surface area contributed by atoms with Crippen molar-refractivity contribution in [3.05, 3.63) is 76.8 Å². The zero-order chi connectivity index (χ0) is 25.2. The van der Waals surface area contributed by atoms with Gasteiger partial charge in [0.1, 0.15) is 12.6 Å². The maximum atomic E-state index is 13.9. The Morgan fingerprint density at radius 1 is 1.06 bits per heavy atom. The van der Waals surface area contributed by atoms with Crippen molar-refractivity contribution in [2.45, 2.75) is 57.7 Å². The summed E-state index contributed by atoms with van der Waals surface area (Å²) in [5.41, 5.74) is 2.08. The molecule has 5 rings (SSSR count). The Kier molecular flexibility index (Phi) is 6.97. The summed E-state index contributed by atoms with van der Waals surface area (Å²) in [7, 11) is 0. The van der Waals surface area contributed by atoms with Crippen LogP contribution in [0.3, 0.4) is 0 Å². The van der Waals surface area contributed by atoms with Gasteiger partial charge in [0.15, 0.2) is 0 Å². The predicted octanol–water partition coefficient (Wildman–Crippen LogP) is 5.32. The molecule has 0 radical (unpaired) electrons. The van der Waals surface area contributed by atoms with Crippen LogP contribution in [0.15, 0.2) is 60.7 Å². The topological polar surface area (TPSA) is 69.7 Å². The third-order valence-corrected chi connectivity index (χ3v) is 7.70. The van der Waals surface area contributed by atoms with E-state index in [1.54, 1.807) is 17.0 Å². The lowest BCUT2D eigenvalue weighted by Gasteiger charge is -2.33. The molecular weight excluding hydrogens is 474 g/mol. The molecule has 2 aliphatic rings. The maximum Gasteiger partial charge on any atom is 0.259 e. The van der Waals surface area contributed by atoms with Crippen molar-refractivity contribution in [3.8, 4) is 0 Å². The Hall–Kier alpha value is -3.38. The second-order valence-corrected chi connectivity index (χ2v) is 10.0. The molecule has 1 N–H and O–H groups in total. The monoisotopic (exact) mass is 503 g/mol. The van der Waals surface area contributed by atoms with Crippen molar-refractivity contribution in [1.29, 1.82) is 0 Å². The fraction of sp³-hybridized carbons (Fsp3) is 0.345. The molecule has 1 atom stereocenters. The van der Waals surface area contributed by atoms with Gasteiger partial charge in [0.25, 0.3) is 5.91 Å². The van der Waals surface area contributed by atoms with Crippen LogP contribution in [0.4, 0.5) is 5.69 Å². The SMILES string of the molecule is CCC(C(=O)NC1CCCC1)N(Cc1ccccc1Cl)C(=O)CN1C(=O)c2cccc3cccc1c23. The third-order valence-electron chi connectivity index (χ3n) is 7.33. The second-order valence-electron chi connectivity index (χ2n) is 9.60. The zero-order valence-electron chi connectivity index (χ0n) is 20.4. The van der Waals surface area contributed by atoms with Gasteiger partial charge >= 0.3 is 0 Å². The lowest BCUT2D eigenvalue weighted by molar-refractivity contribution is -0.140. The number of hydrogen-bond acceptors (Lipinski definition) is 3. The summed E-state index contributed by atoms with van der Waals surface area (Å²) in [5.74, 6) is -0.638. The van der Waals surface area contributed by atoms with Crippen molar-refractivity contribution in [2.75, 3.05) is 11.4 Å². The maximum absolute atomic E-state index is 13.9. The van der Waals surface area contributed by atoms with E-state index in [2.05, 4.69) is 5.32 Å². The molecule has 1 saturated carbocycles. The summed E-state index contributed by atoms with van der Waals surface area (Å²) in [6.07, 6.45) is 4.59. The number of hydrogen-bond donors (Lipinski definition) is 1. The molecule has 1 heterocycles. The molecule has 6 nitrogen and oxygen atoms in total. The van der Waals surface area contributed by atoms with Crippen molar-refractivity contribution in [1.82, 2.24) is 10.2 Å². The zero-order valence-corrected chi connectivity index (χ0v) is 21.1. The minimum absolute atomic E-state index is 0.149. The highest BCUT2D eigenvalue weighted by Gasteiger charge is 2.35. The molecule has 1 unspecified atom stereocenters. The van der Waals surface area contributed by atoms with E-state index in [-0.39, 0.29) is 36.9 Å². The van der Waals surface area contributed by atoms with Gasteiger partial charge in [-0.15, -0.1) is 0 Å². The second kappa shape index (κ2) is 10.3. The first-order valence-corrected chi connectivity index (χ1v) is 13.0. The number of nitrogens with zero attached hydrogens (tertiary/aromatic N) is 2. The van der Waals surface area contributed by atoms with Gasteiger partial charge in [-0.05, 0) is 48.4 Å². The molecule has 3 aromatic rings. The molecule has 3 amide bonds. The van der Waals surface area contributed by atoms with E-state index in [1.165, 1.54) is 4.90 Å². The van der Waals surface area contributed by atoms with E-state index < -0.39 is 6.04 Å². The van der Waals surface area contributed by atoms with Gasteiger partial charge in [0.2, 0.25) is 11.8 Å². The van der Waals surface area contributed by atoms with Crippen LogP contribution >= 0.6 is 11.6 Å². The van der Waals surface area contributed by atoms with Crippen molar-refractivity contribution in [2.24, 2.45) is 0 Å². The van der Waals surface area contributed by atoms with Crippen LogP contribution in [0.2, 0.25) is 5.02 Å². The van der Waals surface area contributed by atoms with Crippen LogP contribution in [0.5, 0.6) is 0 Å². The highest BCUT2D eigenvalue weighted by molar-refractivity contribution is 6.31. The first kappa shape index (κ1) is 24.3. The summed E-state index contributed by atoms with van der Waals surface area (Å²) in [5, 5.41) is 5.51. The standard InChI is InChI=1S/C29H30ClN3O3/c1-2-24(28(35)31-21-12-4-5-13-21)32(17-20-9-3-6-15-23(20)30)26(34)18-33-25-16-8-11-19-10-7-14-22(27(19)25)29(33)36/h3,6-11,14-16,21,24H,2,4-5,12-13,17-18H2,1H3,(H,31,35). The highest BCUT2D eigenvalue weighted by atomic mass is 35.5. The molecule has 0 aromatic heterocycles. The van der Waals surface area contributed by atoms with Crippen molar-refractivity contribution < 1.29 is 14.4 Å². The molecule has 1 aliphatic heterocycles. The van der Waals surface area contributed by atoms with E-state index in [4.69, 9.17) is 11.6 Å². The quantitative estimate of drug-likeness (QED) is 0.452. The lowest BCUT2D eigenvalue weighted by atomic mass is 10.1. The van der Waals surface area contributed by atoms with Gasteiger partial charge in [-0.2, -0.15) is 0 Å². The molecule has 3 aromatic carbocycles. The number of carbonyl (C=O) groups is 3. The largest absolute Gasteiger partial charge is 0.352 e. The van der Waals surface area contributed by atoms with Crippen LogP contribution in [-0.2, 0) is 16.1 Å². The summed E-state index contributed by atoms with van der Waals surface area (Å²) in [4.78, 5) is 43.7. The summed E-state index contributed by atoms with van der Waals surface area (Å²) in [6, 6.07) is 18.2. The normalized spacial score (nSPS) is 15.9. The molecule has 7 heteroatoms. The minimum Gasteiger partial charge on any atom is -0.352 e. The molecule has 0 bridgehead atoms. The van der Waals surface area contributed by atoms with Gasteiger partial charge in [0.05, 0.1) is 5.69 Å². The Morgan fingerprint density at radius 3 is 2.50 bits per heavy atom. The van der Waals surface area contributed by atoms with Gasteiger partial charge in [-0.1, -0.05) is 73.8 Å². The van der Waals surface area contributed by atoms with Gasteiger partial charge in [-0.3, -0.25) is 19.3 Å². The van der Waals surface area contributed by atoms with Crippen molar-refractivity contribution in [3.63, 3.8) is 0 Å². The number of amides is 3. The van der Waals surface area contributed by atoms with E-state index in [1.807, 2.05) is 55.5 Å². The van der Waals surface area contributed by atoms with Crippen LogP contribution in [0, 0.1) is 0 Å². The minimum atomic E-state index is -0.662. The highest BCUT2D eigenvalue weighted by Crippen LogP contribution is 2.37. The van der Waals surface area contributed by atoms with Gasteiger partial charge < -0.3 is 10.2 Å². The van der Waals surface area contributed by atoms with E-state index in [0.717, 1.165) is 47.7 Å². The fourth-order valence-corrected chi connectivity index (χ4v) is 5.65. The lowest BCUT2D eigenvalue weighted by Crippen LogP contribution is -2.53. The predicted molar refractivity (Wildman–Crippen MR) is 142 cm³/mol. The number of halogens is 1. The number of anilines is 1. The molecular formula is C29H30ClN3O3. The molecule has 0 saturated heterocycles. The Labute approximate surface area is 216 Å².